The largest absolute Gasteiger partial charge is 0.454 e. The summed E-state index contributed by atoms with van der Waals surface area (Å²) >= 11 is 1.81. The molecule has 2 aromatic heterocycles. The van der Waals surface area contributed by atoms with E-state index in [9.17, 15) is 4.79 Å². The Hall–Kier alpha value is -2.32. The van der Waals surface area contributed by atoms with Crippen molar-refractivity contribution in [3.05, 3.63) is 46.0 Å². The quantitative estimate of drug-likeness (QED) is 0.453. The van der Waals surface area contributed by atoms with Crippen molar-refractivity contribution in [1.29, 1.82) is 0 Å². The molecule has 0 bridgehead atoms. The first-order valence-corrected chi connectivity index (χ1v) is 11.1. The Morgan fingerprint density at radius 2 is 2.14 bits per heavy atom. The number of nitrogens with two attached hydrogens (primary N) is 1. The van der Waals surface area contributed by atoms with Gasteiger partial charge in [0.2, 0.25) is 0 Å². The Morgan fingerprint density at radius 3 is 2.76 bits per heavy atom. The van der Waals surface area contributed by atoms with Crippen molar-refractivity contribution in [1.82, 2.24) is 15.5 Å². The third-order valence-corrected chi connectivity index (χ3v) is 6.21. The van der Waals surface area contributed by atoms with E-state index in [1.807, 2.05) is 6.92 Å². The molecule has 1 saturated heterocycles. The summed E-state index contributed by atoms with van der Waals surface area (Å²) in [4.78, 5) is 19.7. The van der Waals surface area contributed by atoms with Crippen molar-refractivity contribution in [3.8, 4) is 0 Å². The summed E-state index contributed by atoms with van der Waals surface area (Å²) in [6.07, 6.45) is 2.49. The van der Waals surface area contributed by atoms with Crippen molar-refractivity contribution < 1.29 is 9.21 Å². The Bertz CT molecular complexity index is 794. The summed E-state index contributed by atoms with van der Waals surface area (Å²) in [7, 11) is 0. The maximum Gasteiger partial charge on any atom is 0.284 e. The van der Waals surface area contributed by atoms with E-state index in [0.717, 1.165) is 38.1 Å². The van der Waals surface area contributed by atoms with Gasteiger partial charge in [0.05, 0.1) is 6.04 Å². The molecule has 1 unspecified atom stereocenters. The SMILES string of the molecule is CCNC(=NCc1ccc(C(N)=O)o1)NCC(c1cccs1)N1CCC(C)CC1. The second-order valence-electron chi connectivity index (χ2n) is 7.46. The Kier molecular flexibility index (Phi) is 7.71. The number of likely N-dealkylation sites (tertiary alicyclic amines) is 1. The van der Waals surface area contributed by atoms with Crippen LogP contribution in [0.4, 0.5) is 0 Å². The first-order valence-electron chi connectivity index (χ1n) is 10.2. The average molecular weight is 418 g/mol. The molecule has 1 aliphatic rings. The highest BCUT2D eigenvalue weighted by atomic mass is 32.1. The molecule has 0 aliphatic carbocycles. The number of nitrogens with zero attached hydrogens (tertiary/aromatic N) is 2. The highest BCUT2D eigenvalue weighted by molar-refractivity contribution is 7.10. The van der Waals surface area contributed by atoms with E-state index in [1.165, 1.54) is 17.7 Å². The third kappa shape index (κ3) is 6.08. The fraction of sp³-hybridized carbons (Fsp3) is 0.524. The molecule has 1 aliphatic heterocycles. The van der Waals surface area contributed by atoms with Gasteiger partial charge in [-0.2, -0.15) is 0 Å². The number of primary amides is 1. The normalized spacial score (nSPS) is 17.2. The van der Waals surface area contributed by atoms with Crippen molar-refractivity contribution in [3.63, 3.8) is 0 Å². The number of rotatable bonds is 8. The number of carbonyl (C=O) groups is 1. The summed E-state index contributed by atoms with van der Waals surface area (Å²) in [6.45, 7) is 8.52. The van der Waals surface area contributed by atoms with Crippen LogP contribution >= 0.6 is 11.3 Å². The number of amides is 1. The summed E-state index contributed by atoms with van der Waals surface area (Å²) in [5, 5.41) is 8.91. The maximum atomic E-state index is 11.2. The smallest absolute Gasteiger partial charge is 0.284 e. The molecule has 0 saturated carbocycles. The number of nitrogens with one attached hydrogen (secondary N) is 2. The number of hydrogen-bond donors (Lipinski definition) is 3. The van der Waals surface area contributed by atoms with E-state index in [1.54, 1.807) is 23.5 Å². The fourth-order valence-electron chi connectivity index (χ4n) is 3.52. The molecule has 0 radical (unpaired) electrons. The van der Waals surface area contributed by atoms with Crippen LogP contribution in [0, 0.1) is 5.92 Å². The maximum absolute atomic E-state index is 11.2. The number of carbonyl (C=O) groups excluding carboxylic acids is 1. The summed E-state index contributed by atoms with van der Waals surface area (Å²) in [5.41, 5.74) is 5.24. The first-order chi connectivity index (χ1) is 14.1. The van der Waals surface area contributed by atoms with Gasteiger partial charge in [-0.15, -0.1) is 11.3 Å². The molecular weight excluding hydrogens is 386 g/mol. The topological polar surface area (TPSA) is 95.9 Å². The molecule has 3 rings (SSSR count). The van der Waals surface area contributed by atoms with Crippen LogP contribution < -0.4 is 16.4 Å². The molecule has 1 fully saturated rings. The van der Waals surface area contributed by atoms with Gasteiger partial charge in [-0.05, 0) is 62.4 Å². The second kappa shape index (κ2) is 10.5. The second-order valence-corrected chi connectivity index (χ2v) is 8.44. The number of guanidine groups is 1. The number of hydrogen-bond acceptors (Lipinski definition) is 5. The van der Waals surface area contributed by atoms with Crippen LogP contribution in [0.1, 0.15) is 53.9 Å². The van der Waals surface area contributed by atoms with Gasteiger partial charge in [-0.3, -0.25) is 9.69 Å². The van der Waals surface area contributed by atoms with Crippen LogP contribution in [0.3, 0.4) is 0 Å². The zero-order valence-corrected chi connectivity index (χ0v) is 18.0. The molecule has 1 atom stereocenters. The van der Waals surface area contributed by atoms with Gasteiger partial charge in [0, 0.05) is 18.0 Å². The van der Waals surface area contributed by atoms with Crippen molar-refractivity contribution >= 4 is 23.2 Å². The molecular formula is C21H31N5O2S. The van der Waals surface area contributed by atoms with Gasteiger partial charge in [-0.25, -0.2) is 4.99 Å². The molecule has 0 spiro atoms. The molecule has 3 heterocycles. The third-order valence-electron chi connectivity index (χ3n) is 5.24. The highest BCUT2D eigenvalue weighted by Gasteiger charge is 2.25. The van der Waals surface area contributed by atoms with Crippen LogP contribution in [0.25, 0.3) is 0 Å². The van der Waals surface area contributed by atoms with Gasteiger partial charge < -0.3 is 20.8 Å². The lowest BCUT2D eigenvalue weighted by Crippen LogP contribution is -2.45. The molecule has 0 aromatic carbocycles. The van der Waals surface area contributed by atoms with Crippen LogP contribution in [-0.4, -0.2) is 42.9 Å². The summed E-state index contributed by atoms with van der Waals surface area (Å²) in [5.74, 6) is 1.73. The van der Waals surface area contributed by atoms with E-state index in [0.29, 0.717) is 18.3 Å². The molecule has 4 N–H and O–H groups in total. The van der Waals surface area contributed by atoms with Crippen LogP contribution in [0.2, 0.25) is 0 Å². The average Bonchev–Trinajstić information content (AvgIpc) is 3.40. The van der Waals surface area contributed by atoms with Crippen LogP contribution in [0.15, 0.2) is 39.1 Å². The van der Waals surface area contributed by atoms with Crippen LogP contribution in [-0.2, 0) is 6.54 Å². The van der Waals surface area contributed by atoms with E-state index in [4.69, 9.17) is 10.2 Å². The molecule has 158 valence electrons. The number of aliphatic imine (C=N–C) groups is 1. The monoisotopic (exact) mass is 417 g/mol. The lowest BCUT2D eigenvalue weighted by molar-refractivity contribution is 0.0972. The van der Waals surface area contributed by atoms with E-state index >= 15 is 0 Å². The fourth-order valence-corrected chi connectivity index (χ4v) is 4.38. The van der Waals surface area contributed by atoms with Gasteiger partial charge >= 0.3 is 0 Å². The molecule has 2 aromatic rings. The number of thiophene rings is 1. The summed E-state index contributed by atoms with van der Waals surface area (Å²) in [6, 6.07) is 7.98. The van der Waals surface area contributed by atoms with Crippen molar-refractivity contribution in [2.45, 2.75) is 39.3 Å². The van der Waals surface area contributed by atoms with Gasteiger partial charge in [0.1, 0.15) is 12.3 Å². The predicted octanol–water partition coefficient (Wildman–Crippen LogP) is 2.97. The zero-order chi connectivity index (χ0) is 20.6. The molecule has 7 nitrogen and oxygen atoms in total. The van der Waals surface area contributed by atoms with Gasteiger partial charge in [-0.1, -0.05) is 13.0 Å². The van der Waals surface area contributed by atoms with E-state index in [-0.39, 0.29) is 5.76 Å². The first kappa shape index (κ1) is 21.4. The van der Waals surface area contributed by atoms with Gasteiger partial charge in [0.25, 0.3) is 5.91 Å². The minimum Gasteiger partial charge on any atom is -0.454 e. The highest BCUT2D eigenvalue weighted by Crippen LogP contribution is 2.29. The van der Waals surface area contributed by atoms with E-state index < -0.39 is 5.91 Å². The van der Waals surface area contributed by atoms with Crippen LogP contribution in [0.5, 0.6) is 0 Å². The van der Waals surface area contributed by atoms with Crippen molar-refractivity contribution in [2.75, 3.05) is 26.2 Å². The lowest BCUT2D eigenvalue weighted by Gasteiger charge is -2.36. The van der Waals surface area contributed by atoms with Crippen molar-refractivity contribution in [2.24, 2.45) is 16.6 Å². The lowest BCUT2D eigenvalue weighted by atomic mass is 9.97. The van der Waals surface area contributed by atoms with E-state index in [2.05, 4.69) is 45.0 Å². The number of piperidine rings is 1. The Labute approximate surface area is 176 Å². The molecule has 1 amide bonds. The van der Waals surface area contributed by atoms with Gasteiger partial charge in [0.15, 0.2) is 11.7 Å². The minimum absolute atomic E-state index is 0.158. The minimum atomic E-state index is -0.570. The Balaban J connectivity index is 1.64. The predicted molar refractivity (Wildman–Crippen MR) is 117 cm³/mol. The molecule has 29 heavy (non-hydrogen) atoms. The summed E-state index contributed by atoms with van der Waals surface area (Å²) < 4.78 is 5.42. The number of furan rings is 1. The standard InChI is InChI=1S/C21H31N5O2S/c1-3-23-21(24-13-16-6-7-18(28-16)20(22)27)25-14-17(19-5-4-12-29-19)26-10-8-15(2)9-11-26/h4-7,12,15,17H,3,8-11,13-14H2,1-2H3,(H2,22,27)(H2,23,24,25). The zero-order valence-electron chi connectivity index (χ0n) is 17.2. The molecule has 8 heteroatoms. The Morgan fingerprint density at radius 1 is 1.34 bits per heavy atom.